The highest BCUT2D eigenvalue weighted by atomic mass is 32.2. The molecule has 1 aromatic heterocycles. The van der Waals surface area contributed by atoms with E-state index in [1.807, 2.05) is 0 Å². The van der Waals surface area contributed by atoms with E-state index in [2.05, 4.69) is 15.6 Å². The van der Waals surface area contributed by atoms with Crippen molar-refractivity contribution in [3.8, 4) is 0 Å². The Morgan fingerprint density at radius 2 is 1.92 bits per heavy atom. The van der Waals surface area contributed by atoms with Crippen LogP contribution in [0.5, 0.6) is 0 Å². The van der Waals surface area contributed by atoms with Crippen molar-refractivity contribution in [3.05, 3.63) is 64.4 Å². The van der Waals surface area contributed by atoms with Gasteiger partial charge in [-0.3, -0.25) is 19.0 Å². The third-order valence-corrected chi connectivity index (χ3v) is 7.08. The molecule has 2 N–H and O–H groups in total. The number of carbonyl (C=O) groups excluding carboxylic acids is 3. The normalized spacial score (nSPS) is 14.8. The molecule has 3 aromatic rings. The van der Waals surface area contributed by atoms with Gasteiger partial charge < -0.3 is 20.1 Å². The molecular weight excluding hydrogens is 508 g/mol. The highest BCUT2D eigenvalue weighted by Gasteiger charge is 2.18. The second-order valence-electron chi connectivity index (χ2n) is 8.78. The molecule has 10 nitrogen and oxygen atoms in total. The number of carbonyl (C=O) groups is 3. The molecule has 200 valence electrons. The van der Waals surface area contributed by atoms with E-state index in [1.54, 1.807) is 48.5 Å². The lowest BCUT2D eigenvalue weighted by molar-refractivity contribution is -0.121. The summed E-state index contributed by atoms with van der Waals surface area (Å²) in [6.45, 7) is 1.50. The molecule has 0 unspecified atom stereocenters. The average Bonchev–Trinajstić information content (AvgIpc) is 3.46. The van der Waals surface area contributed by atoms with Crippen LogP contribution in [0.2, 0.25) is 0 Å². The Balaban J connectivity index is 1.42. The van der Waals surface area contributed by atoms with Crippen molar-refractivity contribution < 1.29 is 23.9 Å². The summed E-state index contributed by atoms with van der Waals surface area (Å²) in [4.78, 5) is 54.9. The van der Waals surface area contributed by atoms with Gasteiger partial charge in [-0.1, -0.05) is 36.0 Å². The predicted molar refractivity (Wildman–Crippen MR) is 144 cm³/mol. The van der Waals surface area contributed by atoms with Crippen molar-refractivity contribution in [1.82, 2.24) is 14.9 Å². The van der Waals surface area contributed by atoms with Crippen molar-refractivity contribution in [2.45, 2.75) is 43.5 Å². The van der Waals surface area contributed by atoms with Crippen molar-refractivity contribution >= 4 is 46.1 Å². The zero-order valence-electron chi connectivity index (χ0n) is 21.1. The van der Waals surface area contributed by atoms with Crippen LogP contribution in [0, 0.1) is 0 Å². The van der Waals surface area contributed by atoms with E-state index >= 15 is 0 Å². The Kier molecular flexibility index (Phi) is 9.50. The van der Waals surface area contributed by atoms with Gasteiger partial charge in [-0.05, 0) is 43.5 Å². The molecule has 1 aliphatic heterocycles. The first-order valence-corrected chi connectivity index (χ1v) is 13.4. The molecule has 1 saturated heterocycles. The molecule has 2 heterocycles. The van der Waals surface area contributed by atoms with Crippen LogP contribution in [0.4, 0.5) is 5.69 Å². The Morgan fingerprint density at radius 3 is 2.71 bits per heavy atom. The lowest BCUT2D eigenvalue weighted by Gasteiger charge is -2.14. The first-order valence-electron chi connectivity index (χ1n) is 12.4. The highest BCUT2D eigenvalue weighted by molar-refractivity contribution is 7.99. The molecule has 4 rings (SSSR count). The number of rotatable bonds is 11. The number of amides is 2. The molecule has 38 heavy (non-hydrogen) atoms. The van der Waals surface area contributed by atoms with Crippen LogP contribution in [0.15, 0.2) is 58.5 Å². The second-order valence-corrected chi connectivity index (χ2v) is 9.73. The first-order chi connectivity index (χ1) is 18.5. The molecule has 0 spiro atoms. The largest absolute Gasteiger partial charge is 0.465 e. The topological polar surface area (TPSA) is 129 Å². The van der Waals surface area contributed by atoms with Crippen LogP contribution < -0.4 is 16.2 Å². The van der Waals surface area contributed by atoms with Crippen LogP contribution in [-0.2, 0) is 25.6 Å². The van der Waals surface area contributed by atoms with E-state index < -0.39 is 5.97 Å². The number of esters is 1. The Hall–Kier alpha value is -3.70. The molecule has 1 fully saturated rings. The van der Waals surface area contributed by atoms with Crippen molar-refractivity contribution in [3.63, 3.8) is 0 Å². The highest BCUT2D eigenvalue weighted by Crippen LogP contribution is 2.21. The monoisotopic (exact) mass is 538 g/mol. The third kappa shape index (κ3) is 6.99. The molecule has 0 saturated carbocycles. The van der Waals surface area contributed by atoms with Gasteiger partial charge in [0.1, 0.15) is 0 Å². The fraction of sp³-hybridized carbons (Fsp3) is 0.370. The lowest BCUT2D eigenvalue weighted by atomic mass is 10.2. The summed E-state index contributed by atoms with van der Waals surface area (Å²) in [6.07, 6.45) is 2.71. The first kappa shape index (κ1) is 27.3. The molecule has 0 radical (unpaired) electrons. The Labute approximate surface area is 224 Å². The van der Waals surface area contributed by atoms with Crippen LogP contribution in [0.1, 0.15) is 36.0 Å². The van der Waals surface area contributed by atoms with E-state index in [1.165, 1.54) is 11.7 Å². The maximum Gasteiger partial charge on any atom is 0.339 e. The average molecular weight is 539 g/mol. The van der Waals surface area contributed by atoms with Gasteiger partial charge in [0.25, 0.3) is 5.56 Å². The molecule has 0 aliphatic carbocycles. The van der Waals surface area contributed by atoms with Crippen LogP contribution in [-0.4, -0.2) is 59.5 Å². The minimum absolute atomic E-state index is 0.0395. The maximum absolute atomic E-state index is 13.3. The van der Waals surface area contributed by atoms with Gasteiger partial charge in [0.2, 0.25) is 11.8 Å². The SMILES string of the molecule is COC(=O)c1ccccc1NC(=O)CSc1nc2ccccc2c(=O)n1CCCC(=O)NC[C@@H]1CCCO1. The summed E-state index contributed by atoms with van der Waals surface area (Å²) >= 11 is 1.12. The number of aromatic nitrogens is 2. The van der Waals surface area contributed by atoms with Gasteiger partial charge in [-0.15, -0.1) is 0 Å². The van der Waals surface area contributed by atoms with Crippen LogP contribution in [0.3, 0.4) is 0 Å². The quantitative estimate of drug-likeness (QED) is 0.217. The molecular formula is C27H30N4O6S. The summed E-state index contributed by atoms with van der Waals surface area (Å²) in [5.41, 5.74) is 0.881. The summed E-state index contributed by atoms with van der Waals surface area (Å²) in [6, 6.07) is 13.6. The summed E-state index contributed by atoms with van der Waals surface area (Å²) in [5.74, 6) is -1.06. The number of nitrogens with zero attached hydrogens (tertiary/aromatic N) is 2. The van der Waals surface area contributed by atoms with Gasteiger partial charge >= 0.3 is 5.97 Å². The number of fused-ring (bicyclic) bond motifs is 1. The van der Waals surface area contributed by atoms with E-state index in [9.17, 15) is 19.2 Å². The smallest absolute Gasteiger partial charge is 0.339 e. The second kappa shape index (κ2) is 13.2. The number of methoxy groups -OCH3 is 1. The fourth-order valence-corrected chi connectivity index (χ4v) is 5.00. The molecule has 2 aromatic carbocycles. The number of hydrogen-bond donors (Lipinski definition) is 2. The molecule has 1 atom stereocenters. The van der Waals surface area contributed by atoms with Gasteiger partial charge in [0, 0.05) is 26.1 Å². The van der Waals surface area contributed by atoms with Gasteiger partial charge in [-0.2, -0.15) is 0 Å². The summed E-state index contributed by atoms with van der Waals surface area (Å²) in [7, 11) is 1.27. The molecule has 0 bridgehead atoms. The van der Waals surface area contributed by atoms with E-state index in [0.29, 0.717) is 34.7 Å². The Bertz CT molecular complexity index is 1370. The number of para-hydroxylation sites is 2. The number of thioether (sulfide) groups is 1. The number of ether oxygens (including phenoxy) is 2. The number of nitrogens with one attached hydrogen (secondary N) is 2. The molecule has 2 amide bonds. The fourth-order valence-electron chi connectivity index (χ4n) is 4.17. The lowest BCUT2D eigenvalue weighted by Crippen LogP contribution is -2.32. The minimum Gasteiger partial charge on any atom is -0.465 e. The number of benzene rings is 2. The van der Waals surface area contributed by atoms with Gasteiger partial charge in [0.15, 0.2) is 5.16 Å². The van der Waals surface area contributed by atoms with Gasteiger partial charge in [0.05, 0.1) is 41.1 Å². The van der Waals surface area contributed by atoms with Crippen molar-refractivity contribution in [2.24, 2.45) is 0 Å². The zero-order valence-corrected chi connectivity index (χ0v) is 21.9. The van der Waals surface area contributed by atoms with Crippen LogP contribution in [0.25, 0.3) is 10.9 Å². The van der Waals surface area contributed by atoms with Gasteiger partial charge in [-0.25, -0.2) is 9.78 Å². The Morgan fingerprint density at radius 1 is 1.13 bits per heavy atom. The van der Waals surface area contributed by atoms with E-state index in [-0.39, 0.29) is 47.8 Å². The molecule has 1 aliphatic rings. The van der Waals surface area contributed by atoms with Crippen LogP contribution >= 0.6 is 11.8 Å². The third-order valence-electron chi connectivity index (χ3n) is 6.10. The summed E-state index contributed by atoms with van der Waals surface area (Å²) < 4.78 is 11.8. The van der Waals surface area contributed by atoms with E-state index in [4.69, 9.17) is 9.47 Å². The van der Waals surface area contributed by atoms with Crippen molar-refractivity contribution in [2.75, 3.05) is 31.3 Å². The maximum atomic E-state index is 13.3. The minimum atomic E-state index is -0.557. The zero-order chi connectivity index (χ0) is 26.9. The number of hydrogen-bond acceptors (Lipinski definition) is 8. The number of anilines is 1. The van der Waals surface area contributed by atoms with Crippen molar-refractivity contribution in [1.29, 1.82) is 0 Å². The predicted octanol–water partition coefficient (Wildman–Crippen LogP) is 2.99. The standard InChI is InChI=1S/C27H30N4O6S/c1-36-26(35)20-10-3-5-12-22(20)29-24(33)17-38-27-30-21-11-4-2-9-19(21)25(34)31(27)14-6-13-23(32)28-16-18-8-7-15-37-18/h2-5,9-12,18H,6-8,13-17H2,1H3,(H,28,32)(H,29,33)/t18-/m0/s1. The van der Waals surface area contributed by atoms with E-state index in [0.717, 1.165) is 31.2 Å². The molecule has 11 heteroatoms. The summed E-state index contributed by atoms with van der Waals surface area (Å²) in [5, 5.41) is 6.46.